The van der Waals surface area contributed by atoms with Crippen LogP contribution >= 0.6 is 0 Å². The Bertz CT molecular complexity index is 332. The number of hydrogen-bond donors (Lipinski definition) is 2. The van der Waals surface area contributed by atoms with Crippen LogP contribution in [0.2, 0.25) is 0 Å². The zero-order valence-electron chi connectivity index (χ0n) is 11.5. The van der Waals surface area contributed by atoms with Crippen molar-refractivity contribution in [2.24, 2.45) is 11.8 Å². The van der Waals surface area contributed by atoms with Crippen LogP contribution in [-0.2, 0) is 14.4 Å². The van der Waals surface area contributed by atoms with Gasteiger partial charge in [-0.3, -0.25) is 14.4 Å². The number of amides is 1. The number of carbonyl (C=O) groups is 3. The molecule has 0 heterocycles. The lowest BCUT2D eigenvalue weighted by Crippen LogP contribution is -2.32. The van der Waals surface area contributed by atoms with E-state index < -0.39 is 5.97 Å². The van der Waals surface area contributed by atoms with Gasteiger partial charge in [-0.15, -0.1) is 0 Å². The molecule has 0 aliphatic heterocycles. The molecule has 0 atom stereocenters. The number of ketones is 1. The summed E-state index contributed by atoms with van der Waals surface area (Å²) in [5.41, 5.74) is 0. The number of carbonyl (C=O) groups excluding carboxylic acids is 2. The maximum atomic E-state index is 11.5. The molecule has 0 radical (unpaired) electrons. The molecule has 0 bridgehead atoms. The van der Waals surface area contributed by atoms with Crippen molar-refractivity contribution in [3.05, 3.63) is 0 Å². The number of aliphatic carboxylic acids is 1. The van der Waals surface area contributed by atoms with Gasteiger partial charge in [-0.1, -0.05) is 0 Å². The van der Waals surface area contributed by atoms with E-state index in [-0.39, 0.29) is 30.4 Å². The summed E-state index contributed by atoms with van der Waals surface area (Å²) in [7, 11) is 0. The molecule has 5 nitrogen and oxygen atoms in total. The highest BCUT2D eigenvalue weighted by molar-refractivity contribution is 5.78. The minimum absolute atomic E-state index is 0.0388. The summed E-state index contributed by atoms with van der Waals surface area (Å²) in [6.45, 7) is 2.30. The van der Waals surface area contributed by atoms with Crippen molar-refractivity contribution in [3.63, 3.8) is 0 Å². The van der Waals surface area contributed by atoms with Crippen LogP contribution in [0.15, 0.2) is 0 Å². The van der Waals surface area contributed by atoms with Crippen LogP contribution in [-0.4, -0.2) is 29.3 Å². The van der Waals surface area contributed by atoms with Crippen molar-refractivity contribution in [1.29, 1.82) is 0 Å². The zero-order chi connectivity index (χ0) is 14.3. The molecule has 1 rings (SSSR count). The van der Waals surface area contributed by atoms with Gasteiger partial charge in [-0.25, -0.2) is 0 Å². The fourth-order valence-electron chi connectivity index (χ4n) is 2.52. The lowest BCUT2D eigenvalue weighted by molar-refractivity contribution is -0.137. The van der Waals surface area contributed by atoms with Crippen LogP contribution < -0.4 is 5.32 Å². The van der Waals surface area contributed by atoms with Crippen molar-refractivity contribution < 1.29 is 19.5 Å². The molecule has 1 saturated carbocycles. The molecule has 19 heavy (non-hydrogen) atoms. The number of nitrogens with one attached hydrogen (secondary N) is 1. The first-order chi connectivity index (χ1) is 8.99. The SMILES string of the molecule is CC(=O)C1CCC(CNC(=O)CCCC(=O)O)CC1. The van der Waals surface area contributed by atoms with Gasteiger partial charge in [0.25, 0.3) is 0 Å². The average Bonchev–Trinajstić information content (AvgIpc) is 2.36. The fraction of sp³-hybridized carbons (Fsp3) is 0.786. The molecule has 1 amide bonds. The highest BCUT2D eigenvalue weighted by atomic mass is 16.4. The Morgan fingerprint density at radius 1 is 1.11 bits per heavy atom. The van der Waals surface area contributed by atoms with Gasteiger partial charge in [0.2, 0.25) is 5.91 Å². The molecule has 5 heteroatoms. The topological polar surface area (TPSA) is 83.5 Å². The first kappa shape index (κ1) is 15.7. The fourth-order valence-corrected chi connectivity index (χ4v) is 2.52. The lowest BCUT2D eigenvalue weighted by atomic mass is 9.80. The van der Waals surface area contributed by atoms with E-state index in [1.807, 2.05) is 0 Å². The van der Waals surface area contributed by atoms with Crippen LogP contribution in [0, 0.1) is 11.8 Å². The third kappa shape index (κ3) is 6.36. The van der Waals surface area contributed by atoms with E-state index in [0.29, 0.717) is 18.9 Å². The number of carboxylic acids is 1. The normalized spacial score (nSPS) is 22.8. The van der Waals surface area contributed by atoms with E-state index >= 15 is 0 Å². The molecule has 2 N–H and O–H groups in total. The van der Waals surface area contributed by atoms with Gasteiger partial charge in [0.15, 0.2) is 0 Å². The summed E-state index contributed by atoms with van der Waals surface area (Å²) in [5.74, 6) is 0.00277. The molecule has 1 aliphatic rings. The van der Waals surface area contributed by atoms with E-state index in [1.54, 1.807) is 6.92 Å². The predicted molar refractivity (Wildman–Crippen MR) is 70.6 cm³/mol. The molecule has 1 aliphatic carbocycles. The molecule has 0 aromatic heterocycles. The number of carboxylic acid groups (broad SMARTS) is 1. The monoisotopic (exact) mass is 269 g/mol. The van der Waals surface area contributed by atoms with Gasteiger partial charge in [-0.2, -0.15) is 0 Å². The van der Waals surface area contributed by atoms with Crippen molar-refractivity contribution in [3.8, 4) is 0 Å². The minimum atomic E-state index is -0.865. The quantitative estimate of drug-likeness (QED) is 0.737. The first-order valence-corrected chi connectivity index (χ1v) is 6.98. The molecule has 0 spiro atoms. The van der Waals surface area contributed by atoms with Crippen LogP contribution in [0.4, 0.5) is 0 Å². The molecule has 0 unspecified atom stereocenters. The van der Waals surface area contributed by atoms with E-state index in [0.717, 1.165) is 25.7 Å². The summed E-state index contributed by atoms with van der Waals surface area (Å²) >= 11 is 0. The number of rotatable bonds is 7. The molecule has 0 aromatic carbocycles. The number of Topliss-reactive ketones (excluding diaryl/α,β-unsaturated/α-hetero) is 1. The standard InChI is InChI=1S/C14H23NO4/c1-10(16)12-7-5-11(6-8-12)9-15-13(17)3-2-4-14(18)19/h11-12H,2-9H2,1H3,(H,15,17)(H,18,19). The zero-order valence-corrected chi connectivity index (χ0v) is 11.5. The van der Waals surface area contributed by atoms with E-state index in [4.69, 9.17) is 5.11 Å². The highest BCUT2D eigenvalue weighted by Gasteiger charge is 2.23. The van der Waals surface area contributed by atoms with Crippen molar-refractivity contribution >= 4 is 17.7 Å². The summed E-state index contributed by atoms with van der Waals surface area (Å²) in [6, 6.07) is 0. The maximum Gasteiger partial charge on any atom is 0.303 e. The Hall–Kier alpha value is -1.39. The minimum Gasteiger partial charge on any atom is -0.481 e. The second-order valence-corrected chi connectivity index (χ2v) is 5.38. The second-order valence-electron chi connectivity index (χ2n) is 5.38. The van der Waals surface area contributed by atoms with E-state index in [2.05, 4.69) is 5.32 Å². The summed E-state index contributed by atoms with van der Waals surface area (Å²) < 4.78 is 0. The van der Waals surface area contributed by atoms with Crippen molar-refractivity contribution in [1.82, 2.24) is 5.32 Å². The molecular weight excluding hydrogens is 246 g/mol. The number of hydrogen-bond acceptors (Lipinski definition) is 3. The Morgan fingerprint density at radius 3 is 2.26 bits per heavy atom. The van der Waals surface area contributed by atoms with Crippen LogP contribution in [0.1, 0.15) is 51.9 Å². The Morgan fingerprint density at radius 2 is 1.74 bits per heavy atom. The van der Waals surface area contributed by atoms with Gasteiger partial charge >= 0.3 is 5.97 Å². The molecule has 108 valence electrons. The third-order valence-corrected chi connectivity index (χ3v) is 3.80. The summed E-state index contributed by atoms with van der Waals surface area (Å²) in [4.78, 5) is 33.0. The molecule has 0 saturated heterocycles. The highest BCUT2D eigenvalue weighted by Crippen LogP contribution is 2.28. The van der Waals surface area contributed by atoms with E-state index in [1.165, 1.54) is 0 Å². The van der Waals surface area contributed by atoms with Crippen LogP contribution in [0.5, 0.6) is 0 Å². The van der Waals surface area contributed by atoms with Crippen molar-refractivity contribution in [2.45, 2.75) is 51.9 Å². The molecular formula is C14H23NO4. The largest absolute Gasteiger partial charge is 0.481 e. The Kier molecular flexibility index (Phi) is 6.53. The third-order valence-electron chi connectivity index (χ3n) is 3.80. The Balaban J connectivity index is 2.11. The van der Waals surface area contributed by atoms with Crippen LogP contribution in [0.3, 0.4) is 0 Å². The maximum absolute atomic E-state index is 11.5. The van der Waals surface area contributed by atoms with E-state index in [9.17, 15) is 14.4 Å². The summed E-state index contributed by atoms with van der Waals surface area (Å²) in [6.07, 6.45) is 4.52. The molecule has 0 aromatic rings. The Labute approximate surface area is 113 Å². The van der Waals surface area contributed by atoms with Gasteiger partial charge in [0.05, 0.1) is 0 Å². The second kappa shape index (κ2) is 7.92. The molecule has 1 fully saturated rings. The van der Waals surface area contributed by atoms with Crippen molar-refractivity contribution in [2.75, 3.05) is 6.54 Å². The predicted octanol–water partition coefficient (Wildman–Crippen LogP) is 1.75. The average molecular weight is 269 g/mol. The lowest BCUT2D eigenvalue weighted by Gasteiger charge is -2.27. The van der Waals surface area contributed by atoms with Gasteiger partial charge in [0, 0.05) is 25.3 Å². The van der Waals surface area contributed by atoms with Gasteiger partial charge in [-0.05, 0) is 44.9 Å². The van der Waals surface area contributed by atoms with Crippen LogP contribution in [0.25, 0.3) is 0 Å². The van der Waals surface area contributed by atoms with Gasteiger partial charge < -0.3 is 10.4 Å². The smallest absolute Gasteiger partial charge is 0.303 e. The van der Waals surface area contributed by atoms with Gasteiger partial charge in [0.1, 0.15) is 5.78 Å². The summed E-state index contributed by atoms with van der Waals surface area (Å²) in [5, 5.41) is 11.3. The first-order valence-electron chi connectivity index (χ1n) is 6.98.